The van der Waals surface area contributed by atoms with Gasteiger partial charge in [-0.15, -0.1) is 0 Å². The Bertz CT molecular complexity index is 756. The molecule has 1 aliphatic heterocycles. The molecule has 3 rings (SSSR count). The minimum atomic E-state index is -0.527. The Kier molecular flexibility index (Phi) is 6.76. The van der Waals surface area contributed by atoms with E-state index in [0.29, 0.717) is 18.8 Å². The second-order valence-electron chi connectivity index (χ2n) is 6.61. The molecular formula is C21H24F2N2O2. The first-order valence-electron chi connectivity index (χ1n) is 9.27. The summed E-state index contributed by atoms with van der Waals surface area (Å²) in [6.07, 6.45) is 2.36. The van der Waals surface area contributed by atoms with Gasteiger partial charge < -0.3 is 15.0 Å². The third-order valence-electron chi connectivity index (χ3n) is 4.71. The number of hydrogen-bond acceptors (Lipinski definition) is 3. The summed E-state index contributed by atoms with van der Waals surface area (Å²) in [5, 5.41) is 3.18. The molecule has 0 aromatic heterocycles. The first-order chi connectivity index (χ1) is 13.1. The number of hydrogen-bond donors (Lipinski definition) is 1. The lowest BCUT2D eigenvalue weighted by Crippen LogP contribution is -2.32. The van der Waals surface area contributed by atoms with Crippen molar-refractivity contribution in [2.24, 2.45) is 0 Å². The maximum Gasteiger partial charge on any atom is 0.260 e. The third-order valence-corrected chi connectivity index (χ3v) is 4.71. The van der Waals surface area contributed by atoms with E-state index in [9.17, 15) is 13.6 Å². The molecule has 2 aromatic rings. The van der Waals surface area contributed by atoms with Crippen molar-refractivity contribution in [2.45, 2.75) is 25.8 Å². The number of rotatable bonds is 8. The van der Waals surface area contributed by atoms with Crippen LogP contribution in [-0.2, 0) is 17.8 Å². The average Bonchev–Trinajstić information content (AvgIpc) is 3.21. The van der Waals surface area contributed by atoms with Crippen LogP contribution in [-0.4, -0.2) is 37.0 Å². The Morgan fingerprint density at radius 3 is 2.48 bits per heavy atom. The van der Waals surface area contributed by atoms with Crippen LogP contribution in [0.3, 0.4) is 0 Å². The maximum absolute atomic E-state index is 13.6. The highest BCUT2D eigenvalue weighted by Crippen LogP contribution is 2.18. The van der Waals surface area contributed by atoms with Gasteiger partial charge in [0.2, 0.25) is 0 Å². The van der Waals surface area contributed by atoms with Crippen LogP contribution in [0.15, 0.2) is 42.5 Å². The third kappa shape index (κ3) is 5.26. The van der Waals surface area contributed by atoms with E-state index in [2.05, 4.69) is 5.32 Å². The van der Waals surface area contributed by atoms with Gasteiger partial charge in [0.05, 0.1) is 0 Å². The van der Waals surface area contributed by atoms with Crippen molar-refractivity contribution in [1.29, 1.82) is 0 Å². The number of nitrogens with one attached hydrogen (secondary N) is 1. The molecule has 1 aliphatic rings. The van der Waals surface area contributed by atoms with Gasteiger partial charge in [-0.05, 0) is 44.0 Å². The van der Waals surface area contributed by atoms with Crippen LogP contribution in [0.1, 0.15) is 24.0 Å². The molecule has 0 unspecified atom stereocenters. The smallest absolute Gasteiger partial charge is 0.260 e. The average molecular weight is 374 g/mol. The summed E-state index contributed by atoms with van der Waals surface area (Å²) in [7, 11) is 0. The Balaban J connectivity index is 1.49. The number of ether oxygens (including phenoxy) is 1. The van der Waals surface area contributed by atoms with Gasteiger partial charge in [0.15, 0.2) is 6.61 Å². The van der Waals surface area contributed by atoms with Crippen LogP contribution >= 0.6 is 0 Å². The van der Waals surface area contributed by atoms with Crippen LogP contribution < -0.4 is 10.1 Å². The summed E-state index contributed by atoms with van der Waals surface area (Å²) < 4.78 is 33.0. The molecule has 4 nitrogen and oxygen atoms in total. The van der Waals surface area contributed by atoms with E-state index in [1.54, 1.807) is 0 Å². The Hall–Kier alpha value is -2.47. The van der Waals surface area contributed by atoms with Crippen molar-refractivity contribution in [2.75, 3.05) is 26.2 Å². The van der Waals surface area contributed by atoms with Gasteiger partial charge in [-0.25, -0.2) is 8.78 Å². The molecule has 144 valence electrons. The summed E-state index contributed by atoms with van der Waals surface area (Å²) in [5.74, 6) is -0.401. The monoisotopic (exact) mass is 374 g/mol. The highest BCUT2D eigenvalue weighted by atomic mass is 19.1. The lowest BCUT2D eigenvalue weighted by atomic mass is 10.1. The Morgan fingerprint density at radius 2 is 1.74 bits per heavy atom. The number of benzene rings is 2. The standard InChI is InChI=1S/C21H24F2N2O2/c22-18-7-5-8-19(23)17(18)10-11-24-14-16-6-1-2-9-20(16)27-15-21(26)25-12-3-4-13-25/h1-2,5-9,24H,3-4,10-15H2. The highest BCUT2D eigenvalue weighted by Gasteiger charge is 2.18. The number of carbonyl (C=O) groups excluding carboxylic acids is 1. The lowest BCUT2D eigenvalue weighted by molar-refractivity contribution is -0.132. The predicted molar refractivity (Wildman–Crippen MR) is 99.5 cm³/mol. The molecule has 0 atom stereocenters. The normalized spacial score (nSPS) is 13.8. The predicted octanol–water partition coefficient (Wildman–Crippen LogP) is 3.30. The van der Waals surface area contributed by atoms with Crippen molar-refractivity contribution >= 4 is 5.91 Å². The van der Waals surface area contributed by atoms with E-state index in [4.69, 9.17) is 4.74 Å². The van der Waals surface area contributed by atoms with Crippen molar-refractivity contribution < 1.29 is 18.3 Å². The molecule has 6 heteroatoms. The van der Waals surface area contributed by atoms with Crippen LogP contribution in [0, 0.1) is 11.6 Å². The first-order valence-corrected chi connectivity index (χ1v) is 9.27. The molecule has 0 radical (unpaired) electrons. The van der Waals surface area contributed by atoms with Crippen LogP contribution in [0.5, 0.6) is 5.75 Å². The van der Waals surface area contributed by atoms with E-state index >= 15 is 0 Å². The fourth-order valence-corrected chi connectivity index (χ4v) is 3.20. The molecule has 0 spiro atoms. The van der Waals surface area contributed by atoms with Gasteiger partial charge in [-0.2, -0.15) is 0 Å². The molecule has 1 N–H and O–H groups in total. The van der Waals surface area contributed by atoms with Gasteiger partial charge >= 0.3 is 0 Å². The molecular weight excluding hydrogens is 350 g/mol. The molecule has 1 saturated heterocycles. The zero-order valence-electron chi connectivity index (χ0n) is 15.2. The number of carbonyl (C=O) groups is 1. The minimum Gasteiger partial charge on any atom is -0.483 e. The van der Waals surface area contributed by atoms with Crippen molar-refractivity contribution in [3.63, 3.8) is 0 Å². The van der Waals surface area contributed by atoms with Crippen molar-refractivity contribution in [3.8, 4) is 5.75 Å². The van der Waals surface area contributed by atoms with Gasteiger partial charge in [0.25, 0.3) is 5.91 Å². The van der Waals surface area contributed by atoms with Gasteiger partial charge in [-0.3, -0.25) is 4.79 Å². The molecule has 0 bridgehead atoms. The SMILES string of the molecule is O=C(COc1ccccc1CNCCc1c(F)cccc1F)N1CCCC1. The molecule has 1 amide bonds. The van der Waals surface area contributed by atoms with Gasteiger partial charge in [-0.1, -0.05) is 24.3 Å². The fraction of sp³-hybridized carbons (Fsp3) is 0.381. The second-order valence-corrected chi connectivity index (χ2v) is 6.61. The molecule has 2 aromatic carbocycles. The molecule has 1 fully saturated rings. The lowest BCUT2D eigenvalue weighted by Gasteiger charge is -2.17. The van der Waals surface area contributed by atoms with Crippen molar-refractivity contribution in [1.82, 2.24) is 10.2 Å². The Morgan fingerprint density at radius 1 is 1.04 bits per heavy atom. The summed E-state index contributed by atoms with van der Waals surface area (Å²) >= 11 is 0. The van der Waals surface area contributed by atoms with Crippen LogP contribution in [0.2, 0.25) is 0 Å². The summed E-state index contributed by atoms with van der Waals surface area (Å²) in [4.78, 5) is 13.9. The number of para-hydroxylation sites is 1. The minimum absolute atomic E-state index is 0.00490. The number of nitrogens with zero attached hydrogens (tertiary/aromatic N) is 1. The summed E-state index contributed by atoms with van der Waals surface area (Å²) in [5.41, 5.74) is 0.992. The largest absolute Gasteiger partial charge is 0.483 e. The Labute approximate surface area is 158 Å². The van der Waals surface area contributed by atoms with Crippen LogP contribution in [0.25, 0.3) is 0 Å². The van der Waals surface area contributed by atoms with Crippen molar-refractivity contribution in [3.05, 3.63) is 65.2 Å². The highest BCUT2D eigenvalue weighted by molar-refractivity contribution is 5.78. The van der Waals surface area contributed by atoms with E-state index < -0.39 is 11.6 Å². The second kappa shape index (κ2) is 9.46. The van der Waals surface area contributed by atoms with Gasteiger partial charge in [0.1, 0.15) is 17.4 Å². The van der Waals surface area contributed by atoms with E-state index in [1.807, 2.05) is 29.2 Å². The molecule has 1 heterocycles. The number of likely N-dealkylation sites (tertiary alicyclic amines) is 1. The fourth-order valence-electron chi connectivity index (χ4n) is 3.20. The van der Waals surface area contributed by atoms with Crippen LogP contribution in [0.4, 0.5) is 8.78 Å². The summed E-state index contributed by atoms with van der Waals surface area (Å²) in [6, 6.07) is 11.4. The number of halogens is 2. The summed E-state index contributed by atoms with van der Waals surface area (Å²) in [6.45, 7) is 2.55. The zero-order chi connectivity index (χ0) is 19.1. The van der Waals surface area contributed by atoms with E-state index in [1.165, 1.54) is 18.2 Å². The zero-order valence-corrected chi connectivity index (χ0v) is 15.2. The van der Waals surface area contributed by atoms with Gasteiger partial charge in [0, 0.05) is 30.8 Å². The first kappa shape index (κ1) is 19.3. The quantitative estimate of drug-likeness (QED) is 0.721. The number of amides is 1. The molecule has 0 saturated carbocycles. The van der Waals surface area contributed by atoms with E-state index in [0.717, 1.165) is 31.5 Å². The molecule has 27 heavy (non-hydrogen) atoms. The topological polar surface area (TPSA) is 41.6 Å². The maximum atomic E-state index is 13.6. The van der Waals surface area contributed by atoms with E-state index in [-0.39, 0.29) is 24.5 Å². The molecule has 0 aliphatic carbocycles.